The molecule has 0 aliphatic heterocycles. The zero-order valence-electron chi connectivity index (χ0n) is 9.69. The molecule has 1 N–H and O–H groups in total. The van der Waals surface area contributed by atoms with Crippen LogP contribution in [-0.4, -0.2) is 26.0 Å². The van der Waals surface area contributed by atoms with Gasteiger partial charge in [-0.25, -0.2) is 14.8 Å². The van der Waals surface area contributed by atoms with E-state index in [0.717, 1.165) is 6.07 Å². The Kier molecular flexibility index (Phi) is 4.08. The fourth-order valence-corrected chi connectivity index (χ4v) is 1.86. The zero-order chi connectivity index (χ0) is 14.7. The van der Waals surface area contributed by atoms with Crippen LogP contribution < -0.4 is 4.74 Å². The molecule has 0 aliphatic carbocycles. The summed E-state index contributed by atoms with van der Waals surface area (Å²) >= 11 is 1.91. The molecule has 20 heavy (non-hydrogen) atoms. The fraction of sp³-hybridized carbons (Fsp3) is 0. The molecule has 0 spiro atoms. The summed E-state index contributed by atoms with van der Waals surface area (Å²) in [6.07, 6.45) is 2.70. The number of halogens is 1. The third kappa shape index (κ3) is 2.82. The first-order chi connectivity index (χ1) is 9.50. The average molecular weight is 387 g/mol. The van der Waals surface area contributed by atoms with E-state index in [-0.39, 0.29) is 11.6 Å². The van der Waals surface area contributed by atoms with Crippen molar-refractivity contribution < 1.29 is 19.6 Å². The van der Waals surface area contributed by atoms with Crippen LogP contribution in [0.25, 0.3) is 0 Å². The highest BCUT2D eigenvalue weighted by atomic mass is 127. The number of hydrogen-bond acceptors (Lipinski definition) is 6. The van der Waals surface area contributed by atoms with Crippen LogP contribution in [0.2, 0.25) is 0 Å². The fourth-order valence-electron chi connectivity index (χ4n) is 1.45. The monoisotopic (exact) mass is 387 g/mol. The van der Waals surface area contributed by atoms with Crippen molar-refractivity contribution in [1.82, 2.24) is 9.97 Å². The second-order valence-electron chi connectivity index (χ2n) is 3.49. The van der Waals surface area contributed by atoms with Gasteiger partial charge in [0, 0.05) is 12.3 Å². The van der Waals surface area contributed by atoms with Crippen molar-refractivity contribution in [3.8, 4) is 11.6 Å². The first kappa shape index (κ1) is 14.1. The summed E-state index contributed by atoms with van der Waals surface area (Å²) < 4.78 is 5.90. The molecule has 0 saturated heterocycles. The molecule has 102 valence electrons. The van der Waals surface area contributed by atoms with Crippen LogP contribution in [0.1, 0.15) is 10.4 Å². The van der Waals surface area contributed by atoms with E-state index in [1.807, 2.05) is 22.6 Å². The van der Waals surface area contributed by atoms with Crippen LogP contribution in [0.3, 0.4) is 0 Å². The Hall–Kier alpha value is -2.30. The SMILES string of the molecule is O=C(O)c1c(Oc2ncncc2I)cccc1[N+](=O)[O-]. The first-order valence-electron chi connectivity index (χ1n) is 5.14. The van der Waals surface area contributed by atoms with Gasteiger partial charge in [-0.15, -0.1) is 0 Å². The van der Waals surface area contributed by atoms with E-state index in [4.69, 9.17) is 9.84 Å². The van der Waals surface area contributed by atoms with Gasteiger partial charge in [-0.05, 0) is 28.7 Å². The number of nitrogens with zero attached hydrogens (tertiary/aromatic N) is 3. The average Bonchev–Trinajstić information content (AvgIpc) is 2.40. The maximum absolute atomic E-state index is 11.2. The lowest BCUT2D eigenvalue weighted by molar-refractivity contribution is -0.385. The van der Waals surface area contributed by atoms with Gasteiger partial charge < -0.3 is 9.84 Å². The minimum atomic E-state index is -1.45. The molecule has 1 heterocycles. The molecule has 0 radical (unpaired) electrons. The van der Waals surface area contributed by atoms with Gasteiger partial charge in [0.1, 0.15) is 6.33 Å². The predicted octanol–water partition coefficient (Wildman–Crippen LogP) is 2.48. The van der Waals surface area contributed by atoms with E-state index in [0.29, 0.717) is 3.57 Å². The molecule has 0 atom stereocenters. The number of aromatic carboxylic acids is 1. The van der Waals surface area contributed by atoms with Crippen molar-refractivity contribution in [3.05, 3.63) is 50.0 Å². The van der Waals surface area contributed by atoms with E-state index >= 15 is 0 Å². The second kappa shape index (κ2) is 5.77. The quantitative estimate of drug-likeness (QED) is 0.487. The number of aromatic nitrogens is 2. The number of nitro groups is 1. The minimum Gasteiger partial charge on any atom is -0.477 e. The molecular formula is C11H6IN3O5. The molecule has 9 heteroatoms. The maximum atomic E-state index is 11.2. The van der Waals surface area contributed by atoms with Gasteiger partial charge in [-0.2, -0.15) is 0 Å². The highest BCUT2D eigenvalue weighted by molar-refractivity contribution is 14.1. The van der Waals surface area contributed by atoms with Crippen LogP contribution in [-0.2, 0) is 0 Å². The molecular weight excluding hydrogens is 381 g/mol. The number of benzene rings is 1. The van der Waals surface area contributed by atoms with Crippen molar-refractivity contribution in [2.45, 2.75) is 0 Å². The number of carboxylic acid groups (broad SMARTS) is 1. The number of carboxylic acids is 1. The number of nitro benzene ring substituents is 1. The van der Waals surface area contributed by atoms with Gasteiger partial charge in [0.25, 0.3) is 5.69 Å². The Morgan fingerprint density at radius 2 is 2.20 bits per heavy atom. The molecule has 0 amide bonds. The largest absolute Gasteiger partial charge is 0.477 e. The van der Waals surface area contributed by atoms with Gasteiger partial charge in [0.15, 0.2) is 11.3 Å². The van der Waals surface area contributed by atoms with Crippen LogP contribution in [0.4, 0.5) is 5.69 Å². The number of ether oxygens (including phenoxy) is 1. The Balaban J connectivity index is 2.52. The van der Waals surface area contributed by atoms with Crippen LogP contribution in [0, 0.1) is 13.7 Å². The molecule has 2 rings (SSSR count). The summed E-state index contributed by atoms with van der Waals surface area (Å²) in [7, 11) is 0. The lowest BCUT2D eigenvalue weighted by Crippen LogP contribution is -2.05. The smallest absolute Gasteiger partial charge is 0.346 e. The van der Waals surface area contributed by atoms with Crippen molar-refractivity contribution in [2.24, 2.45) is 0 Å². The van der Waals surface area contributed by atoms with Crippen molar-refractivity contribution in [3.63, 3.8) is 0 Å². The summed E-state index contributed by atoms with van der Waals surface area (Å²) in [6, 6.07) is 3.77. The highest BCUT2D eigenvalue weighted by Gasteiger charge is 2.25. The Bertz CT molecular complexity index is 692. The third-order valence-electron chi connectivity index (χ3n) is 2.26. The maximum Gasteiger partial charge on any atom is 0.346 e. The summed E-state index contributed by atoms with van der Waals surface area (Å²) in [5.41, 5.74) is -1.06. The lowest BCUT2D eigenvalue weighted by Gasteiger charge is -2.08. The van der Waals surface area contributed by atoms with Crippen LogP contribution in [0.15, 0.2) is 30.7 Å². The van der Waals surface area contributed by atoms with E-state index < -0.39 is 22.1 Å². The Labute approximate surface area is 125 Å². The molecule has 0 saturated carbocycles. The van der Waals surface area contributed by atoms with Crippen LogP contribution >= 0.6 is 22.6 Å². The molecule has 0 unspecified atom stereocenters. The van der Waals surface area contributed by atoms with Crippen molar-refractivity contribution in [2.75, 3.05) is 0 Å². The van der Waals surface area contributed by atoms with Gasteiger partial charge in [0.05, 0.1) is 8.49 Å². The summed E-state index contributed by atoms with van der Waals surface area (Å²) in [5.74, 6) is -1.47. The number of rotatable bonds is 4. The molecule has 0 fully saturated rings. The standard InChI is InChI=1S/C11H6IN3O5/c12-6-4-13-5-14-10(6)20-8-3-1-2-7(15(18)19)9(8)11(16)17/h1-5H,(H,16,17). The second-order valence-corrected chi connectivity index (χ2v) is 4.65. The van der Waals surface area contributed by atoms with Crippen molar-refractivity contribution in [1.29, 1.82) is 0 Å². The predicted molar refractivity (Wildman–Crippen MR) is 74.9 cm³/mol. The van der Waals surface area contributed by atoms with E-state index in [9.17, 15) is 14.9 Å². The molecule has 2 aromatic rings. The topological polar surface area (TPSA) is 115 Å². The molecule has 0 bridgehead atoms. The summed E-state index contributed by atoms with van der Waals surface area (Å²) in [6.45, 7) is 0. The molecule has 0 aliphatic rings. The summed E-state index contributed by atoms with van der Waals surface area (Å²) in [5, 5.41) is 20.0. The zero-order valence-corrected chi connectivity index (χ0v) is 11.8. The van der Waals surface area contributed by atoms with Crippen LogP contribution in [0.5, 0.6) is 11.6 Å². The van der Waals surface area contributed by atoms with E-state index in [1.54, 1.807) is 0 Å². The van der Waals surface area contributed by atoms with Gasteiger partial charge in [-0.1, -0.05) is 6.07 Å². The van der Waals surface area contributed by atoms with E-state index in [1.165, 1.54) is 24.7 Å². The number of carbonyl (C=O) groups is 1. The molecule has 8 nitrogen and oxygen atoms in total. The molecule has 1 aromatic carbocycles. The van der Waals surface area contributed by atoms with E-state index in [2.05, 4.69) is 9.97 Å². The number of hydrogen-bond donors (Lipinski definition) is 1. The first-order valence-corrected chi connectivity index (χ1v) is 6.22. The van der Waals surface area contributed by atoms with Gasteiger partial charge in [0.2, 0.25) is 5.88 Å². The lowest BCUT2D eigenvalue weighted by atomic mass is 10.1. The molecule has 1 aromatic heterocycles. The van der Waals surface area contributed by atoms with Crippen molar-refractivity contribution >= 4 is 34.2 Å². The summed E-state index contributed by atoms with van der Waals surface area (Å²) in [4.78, 5) is 28.9. The normalized spacial score (nSPS) is 10.1. The Morgan fingerprint density at radius 3 is 2.80 bits per heavy atom. The highest BCUT2D eigenvalue weighted by Crippen LogP contribution is 2.32. The van der Waals surface area contributed by atoms with Gasteiger partial charge in [-0.3, -0.25) is 10.1 Å². The Morgan fingerprint density at radius 1 is 1.45 bits per heavy atom. The third-order valence-corrected chi connectivity index (χ3v) is 3.00. The minimum absolute atomic E-state index is 0.128. The van der Waals surface area contributed by atoms with Gasteiger partial charge >= 0.3 is 5.97 Å².